The molecule has 1 amide bonds. The van der Waals surface area contributed by atoms with Gasteiger partial charge in [-0.1, -0.05) is 29.3 Å². The highest BCUT2D eigenvalue weighted by atomic mass is 35.5. The number of hydrogen-bond acceptors (Lipinski definition) is 4. The number of carbonyl (C=O) groups excluding carboxylic acids is 2. The summed E-state index contributed by atoms with van der Waals surface area (Å²) in [7, 11) is 0. The molecule has 0 fully saturated rings. The number of amides is 1. The Bertz CT molecular complexity index is 822. The predicted octanol–water partition coefficient (Wildman–Crippen LogP) is 4.23. The minimum atomic E-state index is -4.58. The summed E-state index contributed by atoms with van der Waals surface area (Å²) >= 11 is 5.77. The van der Waals surface area contributed by atoms with E-state index in [-0.39, 0.29) is 10.7 Å². The van der Waals surface area contributed by atoms with Crippen molar-refractivity contribution < 1.29 is 32.2 Å². The lowest BCUT2D eigenvalue weighted by atomic mass is 10.2. The number of anilines is 1. The summed E-state index contributed by atoms with van der Waals surface area (Å²) in [5.41, 5.74) is -0.177. The summed E-state index contributed by atoms with van der Waals surface area (Å²) in [6.45, 7) is 0.788. The highest BCUT2D eigenvalue weighted by Gasteiger charge is 2.31. The summed E-state index contributed by atoms with van der Waals surface area (Å²) in [6.07, 6.45) is -4.58. The van der Waals surface area contributed by atoms with Crippen LogP contribution in [0.1, 0.15) is 11.1 Å². The molecule has 144 valence electrons. The number of esters is 1. The van der Waals surface area contributed by atoms with Gasteiger partial charge in [-0.3, -0.25) is 4.79 Å². The fourth-order valence-electron chi connectivity index (χ4n) is 1.95. The first-order valence-electron chi connectivity index (χ1n) is 7.67. The maximum Gasteiger partial charge on any atom is 0.416 e. The zero-order valence-corrected chi connectivity index (χ0v) is 14.9. The number of aryl methyl sites for hydroxylation is 1. The van der Waals surface area contributed by atoms with Crippen LogP contribution in [0.25, 0.3) is 0 Å². The van der Waals surface area contributed by atoms with E-state index in [4.69, 9.17) is 21.1 Å². The first-order chi connectivity index (χ1) is 12.6. The number of nitrogens with one attached hydrogen (secondary N) is 1. The normalized spacial score (nSPS) is 11.0. The summed E-state index contributed by atoms with van der Waals surface area (Å²) in [5.74, 6) is -1.18. The first-order valence-corrected chi connectivity index (χ1v) is 8.04. The maximum atomic E-state index is 12.7. The molecule has 5 nitrogen and oxygen atoms in total. The average Bonchev–Trinajstić information content (AvgIpc) is 2.60. The molecule has 0 unspecified atom stereocenters. The van der Waals surface area contributed by atoms with Gasteiger partial charge in [-0.05, 0) is 37.3 Å². The lowest BCUT2D eigenvalue weighted by molar-refractivity contribution is -0.149. The predicted molar refractivity (Wildman–Crippen MR) is 92.7 cm³/mol. The second-order valence-electron chi connectivity index (χ2n) is 5.50. The van der Waals surface area contributed by atoms with E-state index in [0.29, 0.717) is 11.8 Å². The minimum absolute atomic E-state index is 0.0784. The van der Waals surface area contributed by atoms with Crippen molar-refractivity contribution in [2.75, 3.05) is 18.5 Å². The van der Waals surface area contributed by atoms with Gasteiger partial charge in [0.2, 0.25) is 0 Å². The van der Waals surface area contributed by atoms with Crippen LogP contribution in [0.5, 0.6) is 5.75 Å². The second kappa shape index (κ2) is 8.77. The van der Waals surface area contributed by atoms with Crippen LogP contribution in [0.15, 0.2) is 42.5 Å². The first kappa shape index (κ1) is 20.6. The third-order valence-corrected chi connectivity index (χ3v) is 3.64. The quantitative estimate of drug-likeness (QED) is 0.736. The Morgan fingerprint density at radius 2 is 1.74 bits per heavy atom. The van der Waals surface area contributed by atoms with Gasteiger partial charge >= 0.3 is 12.1 Å². The van der Waals surface area contributed by atoms with Crippen molar-refractivity contribution in [3.05, 3.63) is 58.6 Å². The van der Waals surface area contributed by atoms with Gasteiger partial charge in [0.25, 0.3) is 5.91 Å². The summed E-state index contributed by atoms with van der Waals surface area (Å²) in [4.78, 5) is 23.4. The van der Waals surface area contributed by atoms with E-state index in [1.807, 2.05) is 6.92 Å². The third kappa shape index (κ3) is 6.49. The van der Waals surface area contributed by atoms with Gasteiger partial charge in [0, 0.05) is 0 Å². The minimum Gasteiger partial charge on any atom is -0.482 e. The van der Waals surface area contributed by atoms with Crippen LogP contribution in [-0.2, 0) is 20.5 Å². The average molecular weight is 402 g/mol. The Kier molecular flexibility index (Phi) is 6.68. The molecule has 0 aliphatic heterocycles. The molecule has 2 aromatic carbocycles. The van der Waals surface area contributed by atoms with Crippen molar-refractivity contribution >= 4 is 29.2 Å². The molecule has 0 spiro atoms. The monoisotopic (exact) mass is 401 g/mol. The molecule has 0 bridgehead atoms. The Labute approximate surface area is 158 Å². The summed E-state index contributed by atoms with van der Waals surface area (Å²) < 4.78 is 48.0. The van der Waals surface area contributed by atoms with E-state index in [9.17, 15) is 22.8 Å². The Morgan fingerprint density at radius 3 is 2.37 bits per heavy atom. The Balaban J connectivity index is 1.83. The Morgan fingerprint density at radius 1 is 1.07 bits per heavy atom. The second-order valence-corrected chi connectivity index (χ2v) is 5.91. The van der Waals surface area contributed by atoms with Crippen molar-refractivity contribution in [1.82, 2.24) is 0 Å². The van der Waals surface area contributed by atoms with Crippen molar-refractivity contribution in [1.29, 1.82) is 0 Å². The van der Waals surface area contributed by atoms with Crippen molar-refractivity contribution in [3.63, 3.8) is 0 Å². The highest BCUT2D eigenvalue weighted by Crippen LogP contribution is 2.33. The lowest BCUT2D eigenvalue weighted by Gasteiger charge is -2.12. The third-order valence-electron chi connectivity index (χ3n) is 3.31. The summed E-state index contributed by atoms with van der Waals surface area (Å²) in [5, 5.41) is 2.09. The standard InChI is InChI=1S/C18H15ClF3NO4/c1-11-2-5-13(6-3-11)26-10-17(25)27-9-16(24)23-15-8-12(18(20,21)22)4-7-14(15)19/h2-8H,9-10H2,1H3,(H,23,24). The molecule has 0 heterocycles. The molecule has 9 heteroatoms. The van der Waals surface area contributed by atoms with Crippen molar-refractivity contribution in [2.24, 2.45) is 0 Å². The molecule has 0 atom stereocenters. The fourth-order valence-corrected chi connectivity index (χ4v) is 2.11. The zero-order valence-electron chi connectivity index (χ0n) is 14.1. The van der Waals surface area contributed by atoms with Crippen LogP contribution in [0.4, 0.5) is 18.9 Å². The van der Waals surface area contributed by atoms with Crippen LogP contribution in [0.2, 0.25) is 5.02 Å². The largest absolute Gasteiger partial charge is 0.482 e. The van der Waals surface area contributed by atoms with E-state index in [1.54, 1.807) is 24.3 Å². The molecule has 1 N–H and O–H groups in total. The van der Waals surface area contributed by atoms with Crippen molar-refractivity contribution in [2.45, 2.75) is 13.1 Å². The smallest absolute Gasteiger partial charge is 0.416 e. The van der Waals surface area contributed by atoms with Crippen LogP contribution in [0, 0.1) is 6.92 Å². The number of hydrogen-bond donors (Lipinski definition) is 1. The van der Waals surface area contributed by atoms with Gasteiger partial charge in [0.1, 0.15) is 5.75 Å². The molecule has 0 aliphatic carbocycles. The van der Waals surface area contributed by atoms with Gasteiger partial charge in [0.15, 0.2) is 13.2 Å². The molecule has 27 heavy (non-hydrogen) atoms. The molecule has 2 rings (SSSR count). The van der Waals surface area contributed by atoms with Crippen LogP contribution in [-0.4, -0.2) is 25.1 Å². The number of halogens is 4. The van der Waals surface area contributed by atoms with Crippen LogP contribution in [0.3, 0.4) is 0 Å². The molecule has 0 aliphatic rings. The number of rotatable bonds is 6. The molecule has 0 aromatic heterocycles. The number of benzene rings is 2. The number of alkyl halides is 3. The van der Waals surface area contributed by atoms with Gasteiger partial charge < -0.3 is 14.8 Å². The lowest BCUT2D eigenvalue weighted by Crippen LogP contribution is -2.24. The topological polar surface area (TPSA) is 64.6 Å². The summed E-state index contributed by atoms with van der Waals surface area (Å²) in [6, 6.07) is 9.44. The van der Waals surface area contributed by atoms with E-state index in [1.165, 1.54) is 0 Å². The molecular weight excluding hydrogens is 387 g/mol. The maximum absolute atomic E-state index is 12.7. The van der Waals surface area contributed by atoms with Gasteiger partial charge in [-0.2, -0.15) is 13.2 Å². The number of carbonyl (C=O) groups is 2. The highest BCUT2D eigenvalue weighted by molar-refractivity contribution is 6.33. The van der Waals surface area contributed by atoms with Crippen LogP contribution < -0.4 is 10.1 Å². The van der Waals surface area contributed by atoms with Crippen LogP contribution >= 0.6 is 11.6 Å². The SMILES string of the molecule is Cc1ccc(OCC(=O)OCC(=O)Nc2cc(C(F)(F)F)ccc2Cl)cc1. The fraction of sp³-hybridized carbons (Fsp3) is 0.222. The molecule has 0 saturated carbocycles. The van der Waals surface area contributed by atoms with E-state index in [0.717, 1.165) is 17.7 Å². The molecule has 0 saturated heterocycles. The van der Waals surface area contributed by atoms with Gasteiger partial charge in [0.05, 0.1) is 16.3 Å². The van der Waals surface area contributed by atoms with E-state index in [2.05, 4.69) is 5.32 Å². The van der Waals surface area contributed by atoms with Crippen molar-refractivity contribution in [3.8, 4) is 5.75 Å². The van der Waals surface area contributed by atoms with E-state index < -0.39 is 36.8 Å². The molecule has 0 radical (unpaired) electrons. The van der Waals surface area contributed by atoms with E-state index >= 15 is 0 Å². The van der Waals surface area contributed by atoms with Gasteiger partial charge in [-0.15, -0.1) is 0 Å². The zero-order chi connectivity index (χ0) is 20.0. The molecule has 2 aromatic rings. The Hall–Kier alpha value is -2.74. The number of ether oxygens (including phenoxy) is 2. The van der Waals surface area contributed by atoms with Gasteiger partial charge in [-0.25, -0.2) is 4.79 Å². The molecular formula is C18H15ClF3NO4.